The van der Waals surface area contributed by atoms with E-state index in [1.54, 1.807) is 6.26 Å². The van der Waals surface area contributed by atoms with E-state index in [-0.39, 0.29) is 0 Å². The molecule has 2 rings (SSSR count). The molecule has 0 aliphatic heterocycles. The van der Waals surface area contributed by atoms with Gasteiger partial charge in [0.2, 0.25) is 0 Å². The van der Waals surface area contributed by atoms with Crippen LogP contribution in [0, 0.1) is 5.92 Å². The van der Waals surface area contributed by atoms with Crippen molar-refractivity contribution in [1.29, 1.82) is 0 Å². The van der Waals surface area contributed by atoms with E-state index < -0.39 is 0 Å². The molecule has 4 heteroatoms. The third-order valence-electron chi connectivity index (χ3n) is 3.15. The van der Waals surface area contributed by atoms with Crippen molar-refractivity contribution in [3.05, 3.63) is 58.5 Å². The highest BCUT2D eigenvalue weighted by atomic mass is 35.5. The number of benzene rings is 1. The van der Waals surface area contributed by atoms with Gasteiger partial charge < -0.3 is 14.5 Å². The Morgan fingerprint density at radius 1 is 1.14 bits per heavy atom. The molecule has 0 unspecified atom stereocenters. The molecule has 1 N–H and O–H groups in total. The molecular weight excluding hydrogens is 286 g/mol. The number of rotatable bonds is 8. The summed E-state index contributed by atoms with van der Waals surface area (Å²) in [5.74, 6) is 1.51. The monoisotopic (exact) mass is 307 g/mol. The average molecular weight is 308 g/mol. The van der Waals surface area contributed by atoms with Gasteiger partial charge in [-0.25, -0.2) is 0 Å². The van der Waals surface area contributed by atoms with Crippen molar-refractivity contribution < 1.29 is 9.15 Å². The van der Waals surface area contributed by atoms with Crippen molar-refractivity contribution in [3.63, 3.8) is 0 Å². The SMILES string of the molecule is CC(C)CNCc1ccoc1COCc1ccccc1Cl. The molecule has 0 spiro atoms. The van der Waals surface area contributed by atoms with Gasteiger partial charge in [0, 0.05) is 17.1 Å². The van der Waals surface area contributed by atoms with Gasteiger partial charge >= 0.3 is 0 Å². The first-order valence-corrected chi connectivity index (χ1v) is 7.61. The van der Waals surface area contributed by atoms with Crippen molar-refractivity contribution in [2.75, 3.05) is 6.54 Å². The van der Waals surface area contributed by atoms with Gasteiger partial charge in [0.05, 0.1) is 12.9 Å². The normalized spacial score (nSPS) is 11.2. The van der Waals surface area contributed by atoms with Crippen LogP contribution in [0.3, 0.4) is 0 Å². The maximum Gasteiger partial charge on any atom is 0.133 e. The number of halogens is 1. The number of hydrogen-bond acceptors (Lipinski definition) is 3. The predicted octanol–water partition coefficient (Wildman–Crippen LogP) is 4.40. The summed E-state index contributed by atoms with van der Waals surface area (Å²) >= 11 is 6.10. The molecule has 0 saturated carbocycles. The fraction of sp³-hybridized carbons (Fsp3) is 0.412. The molecule has 1 heterocycles. The van der Waals surface area contributed by atoms with Crippen molar-refractivity contribution in [2.24, 2.45) is 5.92 Å². The molecule has 1 aromatic carbocycles. The molecule has 0 bridgehead atoms. The first-order valence-electron chi connectivity index (χ1n) is 7.24. The molecule has 2 aromatic rings. The summed E-state index contributed by atoms with van der Waals surface area (Å²) in [4.78, 5) is 0. The second-order valence-electron chi connectivity index (χ2n) is 5.48. The van der Waals surface area contributed by atoms with E-state index in [4.69, 9.17) is 20.8 Å². The largest absolute Gasteiger partial charge is 0.467 e. The molecule has 0 atom stereocenters. The molecule has 3 nitrogen and oxygen atoms in total. The molecule has 21 heavy (non-hydrogen) atoms. The zero-order valence-electron chi connectivity index (χ0n) is 12.6. The summed E-state index contributed by atoms with van der Waals surface area (Å²) in [7, 11) is 0. The Kier molecular flexibility index (Phi) is 6.30. The van der Waals surface area contributed by atoms with Crippen LogP contribution in [-0.2, 0) is 24.5 Å². The lowest BCUT2D eigenvalue weighted by molar-refractivity contribution is 0.0921. The number of ether oxygens (including phenoxy) is 1. The van der Waals surface area contributed by atoms with Gasteiger partial charge in [-0.3, -0.25) is 0 Å². The van der Waals surface area contributed by atoms with Gasteiger partial charge in [0.25, 0.3) is 0 Å². The minimum absolute atomic E-state index is 0.455. The summed E-state index contributed by atoms with van der Waals surface area (Å²) in [5, 5.41) is 4.14. The average Bonchev–Trinajstić information content (AvgIpc) is 2.88. The highest BCUT2D eigenvalue weighted by molar-refractivity contribution is 6.31. The Bertz CT molecular complexity index is 551. The first kappa shape index (κ1) is 16.1. The third-order valence-corrected chi connectivity index (χ3v) is 3.52. The van der Waals surface area contributed by atoms with Crippen LogP contribution in [0.2, 0.25) is 5.02 Å². The molecule has 0 radical (unpaired) electrons. The maximum absolute atomic E-state index is 6.10. The summed E-state index contributed by atoms with van der Waals surface area (Å²) in [6.45, 7) is 7.12. The van der Waals surface area contributed by atoms with Crippen LogP contribution in [0.15, 0.2) is 41.0 Å². The van der Waals surface area contributed by atoms with E-state index in [2.05, 4.69) is 19.2 Å². The predicted molar refractivity (Wildman–Crippen MR) is 85.2 cm³/mol. The van der Waals surface area contributed by atoms with Gasteiger partial charge in [-0.15, -0.1) is 0 Å². The van der Waals surface area contributed by atoms with Crippen molar-refractivity contribution in [1.82, 2.24) is 5.32 Å². The Hall–Kier alpha value is -1.29. The molecule has 1 aromatic heterocycles. The zero-order chi connectivity index (χ0) is 15.1. The van der Waals surface area contributed by atoms with Crippen LogP contribution in [0.5, 0.6) is 0 Å². The lowest BCUT2D eigenvalue weighted by Gasteiger charge is -2.08. The molecule has 0 aliphatic rings. The molecular formula is C17H22ClNO2. The molecule has 0 amide bonds. The highest BCUT2D eigenvalue weighted by Crippen LogP contribution is 2.17. The van der Waals surface area contributed by atoms with Crippen LogP contribution in [-0.4, -0.2) is 6.54 Å². The van der Waals surface area contributed by atoms with Crippen LogP contribution < -0.4 is 5.32 Å². The van der Waals surface area contributed by atoms with E-state index in [9.17, 15) is 0 Å². The fourth-order valence-electron chi connectivity index (χ4n) is 2.02. The first-order chi connectivity index (χ1) is 10.2. The van der Waals surface area contributed by atoms with Crippen LogP contribution in [0.25, 0.3) is 0 Å². The molecule has 0 fully saturated rings. The van der Waals surface area contributed by atoms with Crippen LogP contribution in [0.4, 0.5) is 0 Å². The fourth-order valence-corrected chi connectivity index (χ4v) is 2.21. The Balaban J connectivity index is 1.81. The van der Waals surface area contributed by atoms with Crippen molar-refractivity contribution >= 4 is 11.6 Å². The van der Waals surface area contributed by atoms with Crippen molar-refractivity contribution in [3.8, 4) is 0 Å². The minimum Gasteiger partial charge on any atom is -0.467 e. The smallest absolute Gasteiger partial charge is 0.133 e. The highest BCUT2D eigenvalue weighted by Gasteiger charge is 2.07. The van der Waals surface area contributed by atoms with E-state index in [1.807, 2.05) is 30.3 Å². The maximum atomic E-state index is 6.10. The summed E-state index contributed by atoms with van der Waals surface area (Å²) in [6, 6.07) is 9.70. The summed E-state index contributed by atoms with van der Waals surface area (Å²) in [6.07, 6.45) is 1.71. The quantitative estimate of drug-likeness (QED) is 0.785. The second kappa shape index (κ2) is 8.23. The van der Waals surface area contributed by atoms with Gasteiger partial charge in [-0.05, 0) is 30.2 Å². The number of hydrogen-bond donors (Lipinski definition) is 1. The van der Waals surface area contributed by atoms with Gasteiger partial charge in [0.15, 0.2) is 0 Å². The summed E-state index contributed by atoms with van der Waals surface area (Å²) in [5.41, 5.74) is 2.14. The number of nitrogens with one attached hydrogen (secondary N) is 1. The van der Waals surface area contributed by atoms with Gasteiger partial charge in [-0.2, -0.15) is 0 Å². The summed E-state index contributed by atoms with van der Waals surface area (Å²) < 4.78 is 11.2. The van der Waals surface area contributed by atoms with Gasteiger partial charge in [0.1, 0.15) is 12.4 Å². The third kappa shape index (κ3) is 5.20. The Labute approximate surface area is 131 Å². The molecule has 114 valence electrons. The lowest BCUT2D eigenvalue weighted by Crippen LogP contribution is -2.19. The molecule has 0 aliphatic carbocycles. The van der Waals surface area contributed by atoms with Crippen molar-refractivity contribution in [2.45, 2.75) is 33.6 Å². The standard InChI is InChI=1S/C17H22ClNO2/c1-13(2)9-19-10-14-7-8-21-17(14)12-20-11-15-5-3-4-6-16(15)18/h3-8,13,19H,9-12H2,1-2H3. The van der Waals surface area contributed by atoms with Gasteiger partial charge in [-0.1, -0.05) is 43.6 Å². The Morgan fingerprint density at radius 2 is 1.95 bits per heavy atom. The molecule has 0 saturated heterocycles. The van der Waals surface area contributed by atoms with E-state index in [0.717, 1.165) is 35.0 Å². The van der Waals surface area contributed by atoms with Crippen LogP contribution >= 0.6 is 11.6 Å². The second-order valence-corrected chi connectivity index (χ2v) is 5.89. The number of furan rings is 1. The van der Waals surface area contributed by atoms with Crippen LogP contribution in [0.1, 0.15) is 30.7 Å². The zero-order valence-corrected chi connectivity index (χ0v) is 13.3. The lowest BCUT2D eigenvalue weighted by atomic mass is 10.2. The minimum atomic E-state index is 0.455. The Morgan fingerprint density at radius 3 is 2.71 bits per heavy atom. The van der Waals surface area contributed by atoms with E-state index in [1.165, 1.54) is 0 Å². The topological polar surface area (TPSA) is 34.4 Å². The van der Waals surface area contributed by atoms with E-state index in [0.29, 0.717) is 19.1 Å². The van der Waals surface area contributed by atoms with E-state index >= 15 is 0 Å².